The molecule has 0 radical (unpaired) electrons. The van der Waals surface area contributed by atoms with E-state index in [2.05, 4.69) is 22.8 Å². The highest BCUT2D eigenvalue weighted by Gasteiger charge is 2.25. The molecule has 1 aliphatic heterocycles. The molecule has 0 spiro atoms. The molecule has 6 aromatic rings. The second-order valence-electron chi connectivity index (χ2n) is 11.7. The van der Waals surface area contributed by atoms with E-state index < -0.39 is 11.8 Å². The van der Waals surface area contributed by atoms with Crippen LogP contribution in [0.4, 0.5) is 17.1 Å². The number of fused-ring (bicyclic) bond motifs is 2. The molecule has 50 heavy (non-hydrogen) atoms. The van der Waals surface area contributed by atoms with Crippen LogP contribution in [0.2, 0.25) is 0 Å². The van der Waals surface area contributed by atoms with Crippen molar-refractivity contribution in [2.45, 2.75) is 17.7 Å². The molecule has 0 aliphatic carbocycles. The predicted molar refractivity (Wildman–Crippen MR) is 199 cm³/mol. The minimum Gasteiger partial charge on any atom is -0.457 e. The van der Waals surface area contributed by atoms with Gasteiger partial charge in [0.2, 0.25) is 5.91 Å². The van der Waals surface area contributed by atoms with Crippen LogP contribution in [0.1, 0.15) is 27.2 Å². The van der Waals surface area contributed by atoms with Crippen LogP contribution >= 0.6 is 11.8 Å². The second kappa shape index (κ2) is 15.0. The Morgan fingerprint density at radius 3 is 1.94 bits per heavy atom. The molecule has 1 aromatic heterocycles. The van der Waals surface area contributed by atoms with Crippen molar-refractivity contribution < 1.29 is 18.8 Å². The standard InChI is InChI=1S/C42H33N3O4S/c46-40(45-37-17-9-7-11-29(37)19-20-30-12-8-10-18-38(30)45)28-50-35-24-21-33(22-25-35)43-42(48)36(44-41(47)32-15-5-2-6-16-32)27-34-23-26-39(49-34)31-13-3-1-4-14-31/h1-18,21-27H,19-20,28H2,(H,43,48)(H,44,47)/b36-27-. The molecule has 5 aromatic carbocycles. The summed E-state index contributed by atoms with van der Waals surface area (Å²) in [6, 6.07) is 45.3. The van der Waals surface area contributed by atoms with E-state index in [-0.39, 0.29) is 17.4 Å². The summed E-state index contributed by atoms with van der Waals surface area (Å²) in [6.07, 6.45) is 3.26. The smallest absolute Gasteiger partial charge is 0.272 e. The molecule has 2 heterocycles. The first kappa shape index (κ1) is 32.4. The Balaban J connectivity index is 1.05. The number of aryl methyl sites for hydroxylation is 2. The maximum atomic E-state index is 13.8. The van der Waals surface area contributed by atoms with E-state index in [4.69, 9.17) is 4.42 Å². The number of rotatable bonds is 9. The quantitative estimate of drug-likeness (QED) is 0.118. The lowest BCUT2D eigenvalue weighted by molar-refractivity contribution is -0.115. The van der Waals surface area contributed by atoms with Crippen molar-refractivity contribution >= 4 is 52.6 Å². The van der Waals surface area contributed by atoms with Gasteiger partial charge in [-0.3, -0.25) is 19.3 Å². The molecule has 2 N–H and O–H groups in total. The van der Waals surface area contributed by atoms with E-state index in [1.54, 1.807) is 42.5 Å². The van der Waals surface area contributed by atoms with Crippen LogP contribution in [0, 0.1) is 0 Å². The maximum Gasteiger partial charge on any atom is 0.272 e. The normalized spacial score (nSPS) is 12.3. The number of carbonyl (C=O) groups excluding carboxylic acids is 3. The number of hydrogen-bond acceptors (Lipinski definition) is 5. The largest absolute Gasteiger partial charge is 0.457 e. The molecule has 0 atom stereocenters. The Labute approximate surface area is 294 Å². The lowest BCUT2D eigenvalue weighted by atomic mass is 10.0. The van der Waals surface area contributed by atoms with Crippen LogP contribution in [0.5, 0.6) is 0 Å². The van der Waals surface area contributed by atoms with E-state index in [1.807, 2.05) is 95.9 Å². The summed E-state index contributed by atoms with van der Waals surface area (Å²) in [5.41, 5.74) is 6.02. The van der Waals surface area contributed by atoms with Crippen LogP contribution in [0.25, 0.3) is 17.4 Å². The van der Waals surface area contributed by atoms with Gasteiger partial charge in [0.15, 0.2) is 0 Å². The molecule has 0 saturated carbocycles. The van der Waals surface area contributed by atoms with Crippen LogP contribution in [0.3, 0.4) is 0 Å². The molecule has 7 rings (SSSR count). The second-order valence-corrected chi connectivity index (χ2v) is 12.7. The lowest BCUT2D eigenvalue weighted by Gasteiger charge is -2.25. The van der Waals surface area contributed by atoms with Crippen LogP contribution < -0.4 is 15.5 Å². The lowest BCUT2D eigenvalue weighted by Crippen LogP contribution is -2.30. The van der Waals surface area contributed by atoms with Gasteiger partial charge in [0.1, 0.15) is 17.2 Å². The van der Waals surface area contributed by atoms with Gasteiger partial charge in [-0.05, 0) is 84.6 Å². The molecule has 3 amide bonds. The third-order valence-corrected chi connectivity index (χ3v) is 9.35. The number of nitrogens with zero attached hydrogens (tertiary/aromatic N) is 1. The number of thioether (sulfide) groups is 1. The summed E-state index contributed by atoms with van der Waals surface area (Å²) in [4.78, 5) is 43.1. The fourth-order valence-corrected chi connectivity index (χ4v) is 6.61. The van der Waals surface area contributed by atoms with Gasteiger partial charge in [0.25, 0.3) is 11.8 Å². The molecule has 0 fully saturated rings. The van der Waals surface area contributed by atoms with Crippen molar-refractivity contribution in [3.8, 4) is 11.3 Å². The summed E-state index contributed by atoms with van der Waals surface area (Å²) in [7, 11) is 0. The van der Waals surface area contributed by atoms with Gasteiger partial charge >= 0.3 is 0 Å². The number of amides is 3. The van der Waals surface area contributed by atoms with Crippen molar-refractivity contribution in [1.29, 1.82) is 0 Å². The first-order valence-electron chi connectivity index (χ1n) is 16.3. The first-order valence-corrected chi connectivity index (χ1v) is 17.3. The molecule has 7 nitrogen and oxygen atoms in total. The number of nitrogens with one attached hydrogen (secondary N) is 2. The van der Waals surface area contributed by atoms with Crippen molar-refractivity contribution in [3.05, 3.63) is 174 Å². The zero-order valence-electron chi connectivity index (χ0n) is 27.0. The predicted octanol–water partition coefficient (Wildman–Crippen LogP) is 8.91. The fourth-order valence-electron chi connectivity index (χ4n) is 5.86. The Hall–Kier alpha value is -6.12. The topological polar surface area (TPSA) is 91.7 Å². The Morgan fingerprint density at radius 1 is 0.680 bits per heavy atom. The first-order chi connectivity index (χ1) is 24.5. The van der Waals surface area contributed by atoms with E-state index in [0.717, 1.165) is 45.8 Å². The zero-order valence-corrected chi connectivity index (χ0v) is 27.9. The minimum absolute atomic E-state index is 0.00790. The summed E-state index contributed by atoms with van der Waals surface area (Å²) in [6.45, 7) is 0. The number of hydrogen-bond donors (Lipinski definition) is 2. The summed E-state index contributed by atoms with van der Waals surface area (Å²) >= 11 is 1.44. The highest BCUT2D eigenvalue weighted by atomic mass is 32.2. The third kappa shape index (κ3) is 7.46. The zero-order chi connectivity index (χ0) is 34.3. The molecule has 0 bridgehead atoms. The SMILES string of the molecule is O=C(Nc1ccc(SCC(=O)N2c3ccccc3CCc3ccccc32)cc1)/C(=C/c1ccc(-c2ccccc2)o1)NC(=O)c1ccccc1. The molecule has 1 aliphatic rings. The third-order valence-electron chi connectivity index (χ3n) is 8.35. The molecular formula is C42H33N3O4S. The van der Waals surface area contributed by atoms with E-state index in [0.29, 0.717) is 22.8 Å². The van der Waals surface area contributed by atoms with Crippen LogP contribution in [-0.2, 0) is 22.4 Å². The van der Waals surface area contributed by atoms with Gasteiger partial charge in [0.05, 0.1) is 17.1 Å². The van der Waals surface area contributed by atoms with Crippen molar-refractivity contribution in [2.75, 3.05) is 16.0 Å². The van der Waals surface area contributed by atoms with Crippen LogP contribution in [-0.4, -0.2) is 23.5 Å². The van der Waals surface area contributed by atoms with Crippen molar-refractivity contribution in [1.82, 2.24) is 5.32 Å². The molecule has 0 unspecified atom stereocenters. The minimum atomic E-state index is -0.513. The van der Waals surface area contributed by atoms with Crippen molar-refractivity contribution in [3.63, 3.8) is 0 Å². The van der Waals surface area contributed by atoms with E-state index in [1.165, 1.54) is 17.8 Å². The summed E-state index contributed by atoms with van der Waals surface area (Å²) < 4.78 is 6.00. The van der Waals surface area contributed by atoms with E-state index >= 15 is 0 Å². The molecule has 8 heteroatoms. The molecule has 246 valence electrons. The number of furan rings is 1. The summed E-state index contributed by atoms with van der Waals surface area (Å²) in [5, 5.41) is 5.63. The van der Waals surface area contributed by atoms with E-state index in [9.17, 15) is 14.4 Å². The van der Waals surface area contributed by atoms with Crippen molar-refractivity contribution in [2.24, 2.45) is 0 Å². The highest BCUT2D eigenvalue weighted by Crippen LogP contribution is 2.37. The number of anilines is 3. The monoisotopic (exact) mass is 675 g/mol. The fraction of sp³-hybridized carbons (Fsp3) is 0.0714. The number of carbonyl (C=O) groups is 3. The highest BCUT2D eigenvalue weighted by molar-refractivity contribution is 8.00. The molecular weight excluding hydrogens is 643 g/mol. The van der Waals surface area contributed by atoms with Gasteiger partial charge in [0, 0.05) is 27.8 Å². The maximum absolute atomic E-state index is 13.8. The molecule has 0 saturated heterocycles. The Bertz CT molecular complexity index is 2130. The average molecular weight is 676 g/mol. The van der Waals surface area contributed by atoms with Gasteiger partial charge in [-0.2, -0.15) is 0 Å². The summed E-state index contributed by atoms with van der Waals surface area (Å²) in [5.74, 6) is 0.344. The Kier molecular flexibility index (Phi) is 9.71. The Morgan fingerprint density at radius 2 is 1.28 bits per heavy atom. The van der Waals surface area contributed by atoms with Crippen LogP contribution in [0.15, 0.2) is 161 Å². The van der Waals surface area contributed by atoms with Gasteiger partial charge in [-0.1, -0.05) is 84.9 Å². The van der Waals surface area contributed by atoms with Gasteiger partial charge in [-0.25, -0.2) is 0 Å². The average Bonchev–Trinajstić information content (AvgIpc) is 3.56. The van der Waals surface area contributed by atoms with Gasteiger partial charge in [-0.15, -0.1) is 11.8 Å². The number of para-hydroxylation sites is 2. The van der Waals surface area contributed by atoms with Gasteiger partial charge < -0.3 is 15.1 Å². The number of benzene rings is 5.